The molecule has 15 heavy (non-hydrogen) atoms. The van der Waals surface area contributed by atoms with Gasteiger partial charge in [-0.15, -0.1) is 0 Å². The number of Topliss-reactive ketones (excluding diaryl/α,β-unsaturated/α-hetero) is 1. The fourth-order valence-electron chi connectivity index (χ4n) is 1.21. The van der Waals surface area contributed by atoms with Crippen molar-refractivity contribution in [2.75, 3.05) is 5.73 Å². The Bertz CT molecular complexity index is 386. The van der Waals surface area contributed by atoms with Gasteiger partial charge in [-0.05, 0) is 31.9 Å². The van der Waals surface area contributed by atoms with Gasteiger partial charge in [0.15, 0.2) is 5.78 Å². The molecule has 82 valence electrons. The summed E-state index contributed by atoms with van der Waals surface area (Å²) in [6.45, 7) is 5.05. The van der Waals surface area contributed by atoms with Gasteiger partial charge in [-0.25, -0.2) is 4.98 Å². The van der Waals surface area contributed by atoms with E-state index in [1.54, 1.807) is 19.2 Å². The van der Waals surface area contributed by atoms with E-state index in [1.807, 2.05) is 6.92 Å². The van der Waals surface area contributed by atoms with Gasteiger partial charge in [0.25, 0.3) is 0 Å². The van der Waals surface area contributed by atoms with Gasteiger partial charge in [0.1, 0.15) is 11.4 Å². The SMILES string of the molecule is CCC(C)(O)C(=O)c1cc(C)cnc1N. The minimum atomic E-state index is -1.37. The summed E-state index contributed by atoms with van der Waals surface area (Å²) >= 11 is 0. The molecule has 3 N–H and O–H groups in total. The predicted octanol–water partition coefficient (Wildman–Crippen LogP) is 1.32. The van der Waals surface area contributed by atoms with Crippen molar-refractivity contribution in [3.05, 3.63) is 23.4 Å². The van der Waals surface area contributed by atoms with Gasteiger partial charge < -0.3 is 10.8 Å². The lowest BCUT2D eigenvalue weighted by Gasteiger charge is -2.20. The molecule has 0 aliphatic rings. The van der Waals surface area contributed by atoms with Crippen LogP contribution in [0.4, 0.5) is 5.82 Å². The first-order chi connectivity index (χ1) is 6.88. The number of nitrogens with two attached hydrogens (primary N) is 1. The molecule has 0 aliphatic carbocycles. The lowest BCUT2D eigenvalue weighted by Crippen LogP contribution is -2.34. The van der Waals surface area contributed by atoms with Crippen LogP contribution in [0.5, 0.6) is 0 Å². The summed E-state index contributed by atoms with van der Waals surface area (Å²) in [5.41, 5.74) is 5.37. The molecular formula is C11H16N2O2. The molecule has 0 saturated carbocycles. The minimum absolute atomic E-state index is 0.166. The largest absolute Gasteiger partial charge is 0.383 e. The molecule has 4 heteroatoms. The van der Waals surface area contributed by atoms with Crippen LogP contribution in [0.15, 0.2) is 12.3 Å². The second-order valence-corrected chi connectivity index (χ2v) is 3.90. The maximum atomic E-state index is 11.9. The van der Waals surface area contributed by atoms with Crippen LogP contribution in [0.3, 0.4) is 0 Å². The van der Waals surface area contributed by atoms with Gasteiger partial charge >= 0.3 is 0 Å². The van der Waals surface area contributed by atoms with Crippen LogP contribution in [0.2, 0.25) is 0 Å². The van der Waals surface area contributed by atoms with E-state index in [2.05, 4.69) is 4.98 Å². The lowest BCUT2D eigenvalue weighted by atomic mass is 9.92. The summed E-state index contributed by atoms with van der Waals surface area (Å²) in [6.07, 6.45) is 1.94. The summed E-state index contributed by atoms with van der Waals surface area (Å²) in [5.74, 6) is -0.210. The van der Waals surface area contributed by atoms with Crippen molar-refractivity contribution in [2.45, 2.75) is 32.8 Å². The number of ketones is 1. The maximum Gasteiger partial charge on any atom is 0.197 e. The van der Waals surface area contributed by atoms with Crippen molar-refractivity contribution >= 4 is 11.6 Å². The quantitative estimate of drug-likeness (QED) is 0.734. The monoisotopic (exact) mass is 208 g/mol. The topological polar surface area (TPSA) is 76.2 Å². The summed E-state index contributed by atoms with van der Waals surface area (Å²) in [4.78, 5) is 15.8. The van der Waals surface area contributed by atoms with E-state index < -0.39 is 5.60 Å². The molecule has 0 radical (unpaired) electrons. The third-order valence-electron chi connectivity index (χ3n) is 2.48. The highest BCUT2D eigenvalue weighted by Crippen LogP contribution is 2.20. The first-order valence-electron chi connectivity index (χ1n) is 4.87. The van der Waals surface area contributed by atoms with Crippen molar-refractivity contribution in [1.29, 1.82) is 0 Å². The number of aliphatic hydroxyl groups is 1. The number of aromatic nitrogens is 1. The molecule has 0 aliphatic heterocycles. The Hall–Kier alpha value is -1.42. The van der Waals surface area contributed by atoms with Gasteiger partial charge in [0.2, 0.25) is 0 Å². The molecule has 0 bridgehead atoms. The Morgan fingerprint density at radius 2 is 2.27 bits per heavy atom. The highest BCUT2D eigenvalue weighted by Gasteiger charge is 2.30. The molecule has 1 unspecified atom stereocenters. The minimum Gasteiger partial charge on any atom is -0.383 e. The maximum absolute atomic E-state index is 11.9. The Balaban J connectivity index is 3.17. The van der Waals surface area contributed by atoms with Crippen LogP contribution in [-0.2, 0) is 0 Å². The number of carbonyl (C=O) groups is 1. The lowest BCUT2D eigenvalue weighted by molar-refractivity contribution is 0.0391. The Morgan fingerprint density at radius 3 is 2.80 bits per heavy atom. The first kappa shape index (κ1) is 11.7. The number of hydrogen-bond donors (Lipinski definition) is 2. The fourth-order valence-corrected chi connectivity index (χ4v) is 1.21. The van der Waals surface area contributed by atoms with Crippen LogP contribution in [-0.4, -0.2) is 21.5 Å². The highest BCUT2D eigenvalue weighted by molar-refractivity contribution is 6.05. The fraction of sp³-hybridized carbons (Fsp3) is 0.455. The van der Waals surface area contributed by atoms with Gasteiger partial charge in [-0.2, -0.15) is 0 Å². The Morgan fingerprint density at radius 1 is 1.67 bits per heavy atom. The van der Waals surface area contributed by atoms with Crippen LogP contribution < -0.4 is 5.73 Å². The predicted molar refractivity (Wildman–Crippen MR) is 58.6 cm³/mol. The van der Waals surface area contributed by atoms with Crippen molar-refractivity contribution in [1.82, 2.24) is 4.98 Å². The van der Waals surface area contributed by atoms with Crippen LogP contribution in [0.25, 0.3) is 0 Å². The zero-order chi connectivity index (χ0) is 11.6. The summed E-state index contributed by atoms with van der Waals surface area (Å²) in [7, 11) is 0. The number of rotatable bonds is 3. The van der Waals surface area contributed by atoms with E-state index in [0.717, 1.165) is 5.56 Å². The van der Waals surface area contributed by atoms with Gasteiger partial charge in [0, 0.05) is 6.20 Å². The van der Waals surface area contributed by atoms with E-state index in [1.165, 1.54) is 6.92 Å². The summed E-state index contributed by atoms with van der Waals surface area (Å²) in [5, 5.41) is 9.83. The summed E-state index contributed by atoms with van der Waals surface area (Å²) in [6, 6.07) is 1.65. The van der Waals surface area contributed by atoms with E-state index >= 15 is 0 Å². The number of nitrogens with zero attached hydrogens (tertiary/aromatic N) is 1. The van der Waals surface area contributed by atoms with Crippen LogP contribution in [0, 0.1) is 6.92 Å². The average molecular weight is 208 g/mol. The number of hydrogen-bond acceptors (Lipinski definition) is 4. The molecule has 1 aromatic heterocycles. The number of aryl methyl sites for hydroxylation is 1. The normalized spacial score (nSPS) is 14.7. The highest BCUT2D eigenvalue weighted by atomic mass is 16.3. The van der Waals surface area contributed by atoms with Gasteiger partial charge in [-0.1, -0.05) is 6.92 Å². The van der Waals surface area contributed by atoms with Crippen molar-refractivity contribution in [3.63, 3.8) is 0 Å². The molecule has 0 spiro atoms. The van der Waals surface area contributed by atoms with E-state index in [0.29, 0.717) is 12.0 Å². The first-order valence-corrected chi connectivity index (χ1v) is 4.87. The molecule has 0 saturated heterocycles. The van der Waals surface area contributed by atoms with Crippen LogP contribution >= 0.6 is 0 Å². The molecule has 0 amide bonds. The number of anilines is 1. The second-order valence-electron chi connectivity index (χ2n) is 3.90. The van der Waals surface area contributed by atoms with E-state index in [4.69, 9.17) is 5.73 Å². The smallest absolute Gasteiger partial charge is 0.197 e. The molecular weight excluding hydrogens is 192 g/mol. The molecule has 1 heterocycles. The number of carbonyl (C=O) groups excluding carboxylic acids is 1. The molecule has 4 nitrogen and oxygen atoms in total. The third kappa shape index (κ3) is 2.33. The van der Waals surface area contributed by atoms with Gasteiger partial charge in [-0.3, -0.25) is 4.79 Å². The number of pyridine rings is 1. The zero-order valence-electron chi connectivity index (χ0n) is 9.24. The molecule has 0 fully saturated rings. The average Bonchev–Trinajstić information content (AvgIpc) is 2.20. The Kier molecular flexibility index (Phi) is 3.09. The van der Waals surface area contributed by atoms with E-state index in [-0.39, 0.29) is 11.6 Å². The molecule has 1 rings (SSSR count). The standard InChI is InChI=1S/C11H16N2O2/c1-4-11(3,15)9(14)8-5-7(2)6-13-10(8)12/h5-6,15H,4H2,1-3H3,(H2,12,13). The van der Waals surface area contributed by atoms with Crippen molar-refractivity contribution in [2.24, 2.45) is 0 Å². The molecule has 1 atom stereocenters. The number of nitrogen functional groups attached to an aromatic ring is 1. The molecule has 1 aromatic rings. The van der Waals surface area contributed by atoms with Gasteiger partial charge in [0.05, 0.1) is 5.56 Å². The van der Waals surface area contributed by atoms with Crippen LogP contribution in [0.1, 0.15) is 36.2 Å². The Labute approximate surface area is 89.1 Å². The zero-order valence-corrected chi connectivity index (χ0v) is 9.24. The van der Waals surface area contributed by atoms with Crippen molar-refractivity contribution < 1.29 is 9.90 Å². The van der Waals surface area contributed by atoms with E-state index in [9.17, 15) is 9.90 Å². The van der Waals surface area contributed by atoms with Crippen molar-refractivity contribution in [3.8, 4) is 0 Å². The summed E-state index contributed by atoms with van der Waals surface area (Å²) < 4.78 is 0. The third-order valence-corrected chi connectivity index (χ3v) is 2.48. The second kappa shape index (κ2) is 3.98. The molecule has 0 aromatic carbocycles.